The summed E-state index contributed by atoms with van der Waals surface area (Å²) in [5.74, 6) is 1.60. The molecule has 126 valence electrons. The fourth-order valence-corrected chi connectivity index (χ4v) is 2.61. The minimum atomic E-state index is 0.0688. The van der Waals surface area contributed by atoms with Gasteiger partial charge in [0.2, 0.25) is 0 Å². The molecule has 1 aliphatic carbocycles. The lowest BCUT2D eigenvalue weighted by molar-refractivity contribution is 0.157. The zero-order chi connectivity index (χ0) is 17.1. The molecule has 6 heteroatoms. The standard InChI is InChI=1S/C18H23N5O/c1-12(2)24-13-5-3-6-15(19)14(9-13)18(20)16-10-17(22-11-21-16)23-7-4-8-23/h5-6,9-12,20H,3-4,7-8,19H2,1-2H3. The Morgan fingerprint density at radius 1 is 1.29 bits per heavy atom. The molecular weight excluding hydrogens is 302 g/mol. The van der Waals surface area contributed by atoms with Crippen LogP contribution < -0.4 is 10.6 Å². The minimum absolute atomic E-state index is 0.0688. The molecule has 0 saturated carbocycles. The molecule has 0 radical (unpaired) electrons. The molecule has 3 rings (SSSR count). The first-order valence-electron chi connectivity index (χ1n) is 8.25. The second kappa shape index (κ2) is 6.86. The number of nitrogens with one attached hydrogen (secondary N) is 1. The third-order valence-corrected chi connectivity index (χ3v) is 3.98. The summed E-state index contributed by atoms with van der Waals surface area (Å²) in [5.41, 5.74) is 8.21. The van der Waals surface area contributed by atoms with Gasteiger partial charge in [0.15, 0.2) is 0 Å². The predicted molar refractivity (Wildman–Crippen MR) is 95.0 cm³/mol. The van der Waals surface area contributed by atoms with E-state index in [9.17, 15) is 0 Å². The van der Waals surface area contributed by atoms with E-state index < -0.39 is 0 Å². The lowest BCUT2D eigenvalue weighted by Crippen LogP contribution is -2.37. The number of hydrogen-bond donors (Lipinski definition) is 2. The Kier molecular flexibility index (Phi) is 4.64. The van der Waals surface area contributed by atoms with Crippen molar-refractivity contribution in [3.63, 3.8) is 0 Å². The molecule has 0 amide bonds. The monoisotopic (exact) mass is 325 g/mol. The summed E-state index contributed by atoms with van der Waals surface area (Å²) >= 11 is 0. The number of allylic oxidation sites excluding steroid dienone is 4. The van der Waals surface area contributed by atoms with Gasteiger partial charge in [0.25, 0.3) is 0 Å². The Morgan fingerprint density at radius 3 is 2.75 bits per heavy atom. The Bertz CT molecular complexity index is 729. The number of nitrogens with zero attached hydrogens (tertiary/aromatic N) is 3. The largest absolute Gasteiger partial charge is 0.491 e. The van der Waals surface area contributed by atoms with Crippen LogP contribution in [0.4, 0.5) is 5.82 Å². The first-order chi connectivity index (χ1) is 11.5. The third kappa shape index (κ3) is 3.48. The summed E-state index contributed by atoms with van der Waals surface area (Å²) < 4.78 is 5.78. The lowest BCUT2D eigenvalue weighted by Gasteiger charge is -2.32. The molecular formula is C18H23N5O. The van der Waals surface area contributed by atoms with Gasteiger partial charge in [-0.1, -0.05) is 6.08 Å². The molecule has 1 aromatic rings. The summed E-state index contributed by atoms with van der Waals surface area (Å²) in [5, 5.41) is 8.56. The van der Waals surface area contributed by atoms with E-state index in [1.54, 1.807) is 0 Å². The fraction of sp³-hybridized carbons (Fsp3) is 0.389. The molecule has 0 spiro atoms. The van der Waals surface area contributed by atoms with Crippen molar-refractivity contribution in [1.82, 2.24) is 9.97 Å². The summed E-state index contributed by atoms with van der Waals surface area (Å²) in [4.78, 5) is 10.7. The van der Waals surface area contributed by atoms with Crippen molar-refractivity contribution in [2.24, 2.45) is 5.73 Å². The topological polar surface area (TPSA) is 88.1 Å². The Morgan fingerprint density at radius 2 is 2.08 bits per heavy atom. The zero-order valence-corrected chi connectivity index (χ0v) is 14.1. The molecule has 0 atom stereocenters. The highest BCUT2D eigenvalue weighted by Gasteiger charge is 2.19. The van der Waals surface area contributed by atoms with Crippen LogP contribution in [0.15, 0.2) is 47.7 Å². The molecule has 24 heavy (non-hydrogen) atoms. The van der Waals surface area contributed by atoms with E-state index in [-0.39, 0.29) is 11.8 Å². The normalized spacial score (nSPS) is 17.5. The van der Waals surface area contributed by atoms with Crippen molar-refractivity contribution < 1.29 is 4.74 Å². The SMILES string of the molecule is CC(C)OC1=CCC=C(N)C(C(=N)c2cc(N3CCC3)ncn2)=C1. The predicted octanol–water partition coefficient (Wildman–Crippen LogP) is 2.54. The number of nitrogens with two attached hydrogens (primary N) is 1. The minimum Gasteiger partial charge on any atom is -0.491 e. The van der Waals surface area contributed by atoms with Gasteiger partial charge in [-0.3, -0.25) is 5.41 Å². The van der Waals surface area contributed by atoms with Crippen LogP contribution in [0, 0.1) is 5.41 Å². The lowest BCUT2D eigenvalue weighted by atomic mass is 10.0. The van der Waals surface area contributed by atoms with Gasteiger partial charge >= 0.3 is 0 Å². The molecule has 0 unspecified atom stereocenters. The van der Waals surface area contributed by atoms with Crippen molar-refractivity contribution in [3.8, 4) is 0 Å². The van der Waals surface area contributed by atoms with Crippen LogP contribution in [-0.4, -0.2) is 34.9 Å². The van der Waals surface area contributed by atoms with Crippen LogP contribution in [0.5, 0.6) is 0 Å². The second-order valence-corrected chi connectivity index (χ2v) is 6.20. The van der Waals surface area contributed by atoms with Crippen molar-refractivity contribution in [1.29, 1.82) is 5.41 Å². The van der Waals surface area contributed by atoms with Crippen molar-refractivity contribution in [2.75, 3.05) is 18.0 Å². The van der Waals surface area contributed by atoms with Crippen LogP contribution in [0.2, 0.25) is 0 Å². The van der Waals surface area contributed by atoms with Gasteiger partial charge in [0.05, 0.1) is 17.5 Å². The smallest absolute Gasteiger partial charge is 0.132 e. The Labute approximate surface area is 142 Å². The van der Waals surface area contributed by atoms with E-state index in [0.29, 0.717) is 23.4 Å². The van der Waals surface area contributed by atoms with E-state index in [1.807, 2.05) is 38.1 Å². The van der Waals surface area contributed by atoms with Crippen LogP contribution in [0.3, 0.4) is 0 Å². The maximum atomic E-state index is 8.56. The molecule has 1 fully saturated rings. The van der Waals surface area contributed by atoms with Gasteiger partial charge in [-0.15, -0.1) is 0 Å². The van der Waals surface area contributed by atoms with Crippen molar-refractivity contribution >= 4 is 11.5 Å². The van der Waals surface area contributed by atoms with E-state index in [1.165, 1.54) is 12.7 Å². The molecule has 2 aliphatic rings. The second-order valence-electron chi connectivity index (χ2n) is 6.20. The van der Waals surface area contributed by atoms with Crippen LogP contribution in [0.1, 0.15) is 32.4 Å². The highest BCUT2D eigenvalue weighted by molar-refractivity contribution is 6.12. The average molecular weight is 325 g/mol. The van der Waals surface area contributed by atoms with Gasteiger partial charge < -0.3 is 15.4 Å². The highest BCUT2D eigenvalue weighted by Crippen LogP contribution is 2.23. The molecule has 1 saturated heterocycles. The highest BCUT2D eigenvalue weighted by atomic mass is 16.5. The summed E-state index contributed by atoms with van der Waals surface area (Å²) in [6.45, 7) is 5.96. The molecule has 1 aliphatic heterocycles. The van der Waals surface area contributed by atoms with Gasteiger partial charge in [-0.25, -0.2) is 9.97 Å². The van der Waals surface area contributed by atoms with Gasteiger partial charge in [-0.05, 0) is 38.8 Å². The van der Waals surface area contributed by atoms with Crippen LogP contribution in [-0.2, 0) is 4.74 Å². The quantitative estimate of drug-likeness (QED) is 0.812. The zero-order valence-electron chi connectivity index (χ0n) is 14.1. The average Bonchev–Trinajstić information content (AvgIpc) is 2.66. The molecule has 6 nitrogen and oxygen atoms in total. The maximum Gasteiger partial charge on any atom is 0.132 e. The van der Waals surface area contributed by atoms with E-state index in [2.05, 4.69) is 14.9 Å². The molecule has 0 aromatic carbocycles. The summed E-state index contributed by atoms with van der Waals surface area (Å²) in [7, 11) is 0. The third-order valence-electron chi connectivity index (χ3n) is 3.98. The Hall–Kier alpha value is -2.63. The number of aromatic nitrogens is 2. The first kappa shape index (κ1) is 16.2. The van der Waals surface area contributed by atoms with E-state index in [4.69, 9.17) is 15.9 Å². The summed E-state index contributed by atoms with van der Waals surface area (Å²) in [6.07, 6.45) is 9.14. The van der Waals surface area contributed by atoms with Gasteiger partial charge in [0, 0.05) is 30.4 Å². The molecule has 3 N–H and O–H groups in total. The van der Waals surface area contributed by atoms with Crippen molar-refractivity contribution in [3.05, 3.63) is 53.3 Å². The maximum absolute atomic E-state index is 8.56. The first-order valence-corrected chi connectivity index (χ1v) is 8.25. The fourth-order valence-electron chi connectivity index (χ4n) is 2.61. The number of rotatable bonds is 5. The van der Waals surface area contributed by atoms with E-state index in [0.717, 1.165) is 24.7 Å². The molecule has 0 bridgehead atoms. The molecule has 1 aromatic heterocycles. The van der Waals surface area contributed by atoms with Crippen LogP contribution >= 0.6 is 0 Å². The molecule has 2 heterocycles. The number of ether oxygens (including phenoxy) is 1. The van der Waals surface area contributed by atoms with Crippen LogP contribution in [0.25, 0.3) is 0 Å². The van der Waals surface area contributed by atoms with Gasteiger partial charge in [0.1, 0.15) is 17.9 Å². The van der Waals surface area contributed by atoms with E-state index >= 15 is 0 Å². The number of anilines is 1. The summed E-state index contributed by atoms with van der Waals surface area (Å²) in [6, 6.07) is 1.85. The van der Waals surface area contributed by atoms with Gasteiger partial charge in [-0.2, -0.15) is 0 Å². The van der Waals surface area contributed by atoms with Crippen molar-refractivity contribution in [2.45, 2.75) is 32.8 Å². The number of hydrogen-bond acceptors (Lipinski definition) is 6. The Balaban J connectivity index is 1.89.